The topological polar surface area (TPSA) is 18.5 Å². The third-order valence-corrected chi connectivity index (χ3v) is 4.18. The van der Waals surface area contributed by atoms with Crippen LogP contribution >= 0.6 is 11.8 Å². The van der Waals surface area contributed by atoms with Crippen LogP contribution in [0.1, 0.15) is 11.1 Å². The number of alkyl halides is 3. The molecule has 0 spiro atoms. The molecule has 6 heteroatoms. The van der Waals surface area contributed by atoms with Crippen molar-refractivity contribution in [3.05, 3.63) is 53.6 Å². The number of benzene rings is 1. The van der Waals surface area contributed by atoms with Crippen molar-refractivity contribution < 1.29 is 22.6 Å². The molecule has 1 aliphatic heterocycles. The molecule has 1 fully saturated rings. The Labute approximate surface area is 143 Å². The first-order valence-corrected chi connectivity index (χ1v) is 8.55. The van der Waals surface area contributed by atoms with Gasteiger partial charge in [-0.25, -0.2) is 0 Å². The van der Waals surface area contributed by atoms with E-state index in [0.717, 1.165) is 12.1 Å². The van der Waals surface area contributed by atoms with E-state index in [1.165, 1.54) is 12.1 Å². The van der Waals surface area contributed by atoms with Crippen LogP contribution in [0.5, 0.6) is 0 Å². The fourth-order valence-electron chi connectivity index (χ4n) is 1.89. The molecular formula is C18H17F3O2S. The Balaban J connectivity index is 1.80. The van der Waals surface area contributed by atoms with Crippen molar-refractivity contribution in [1.29, 1.82) is 0 Å². The summed E-state index contributed by atoms with van der Waals surface area (Å²) in [6.45, 7) is 1.30. The summed E-state index contributed by atoms with van der Waals surface area (Å²) in [4.78, 5) is 0. The van der Waals surface area contributed by atoms with Crippen molar-refractivity contribution in [1.82, 2.24) is 0 Å². The van der Waals surface area contributed by atoms with E-state index in [-0.39, 0.29) is 6.29 Å². The van der Waals surface area contributed by atoms with Gasteiger partial charge in [0, 0.05) is 0 Å². The minimum absolute atomic E-state index is 0.368. The van der Waals surface area contributed by atoms with E-state index >= 15 is 0 Å². The molecule has 0 aromatic heterocycles. The molecule has 0 unspecified atom stereocenters. The van der Waals surface area contributed by atoms with E-state index in [1.54, 1.807) is 36.1 Å². The molecule has 1 aromatic rings. The Bertz CT molecular complexity index is 631. The van der Waals surface area contributed by atoms with Crippen LogP contribution in [0.2, 0.25) is 0 Å². The fraction of sp³-hybridized carbons (Fsp3) is 0.333. The lowest BCUT2D eigenvalue weighted by Gasteiger charge is -2.26. The van der Waals surface area contributed by atoms with Crippen molar-refractivity contribution in [3.63, 3.8) is 0 Å². The van der Waals surface area contributed by atoms with Crippen molar-refractivity contribution in [3.8, 4) is 11.8 Å². The first kappa shape index (κ1) is 18.7. The van der Waals surface area contributed by atoms with Crippen LogP contribution in [0.3, 0.4) is 0 Å². The molecule has 1 aromatic carbocycles. The molecule has 1 aliphatic rings. The van der Waals surface area contributed by atoms with Crippen LogP contribution in [0, 0.1) is 11.8 Å². The maximum atomic E-state index is 12.4. The lowest BCUT2D eigenvalue weighted by Crippen LogP contribution is -2.32. The molecule has 24 heavy (non-hydrogen) atoms. The lowest BCUT2D eigenvalue weighted by molar-refractivity contribution is -0.146. The smallest absolute Gasteiger partial charge is 0.348 e. The third-order valence-electron chi connectivity index (χ3n) is 3.24. The third kappa shape index (κ3) is 6.08. The second-order valence-electron chi connectivity index (χ2n) is 4.99. The Hall–Kier alpha value is -1.68. The molecular weight excluding hydrogens is 337 g/mol. The van der Waals surface area contributed by atoms with Crippen LogP contribution in [0.15, 0.2) is 42.5 Å². The molecule has 0 atom stereocenters. The van der Waals surface area contributed by atoms with Crippen molar-refractivity contribution in [2.45, 2.75) is 17.7 Å². The molecule has 128 valence electrons. The number of allylic oxidation sites excluding steroid dienone is 2. The van der Waals surface area contributed by atoms with Gasteiger partial charge in [-0.3, -0.25) is 0 Å². The van der Waals surface area contributed by atoms with Gasteiger partial charge < -0.3 is 9.47 Å². The van der Waals surface area contributed by atoms with E-state index in [4.69, 9.17) is 9.47 Å². The van der Waals surface area contributed by atoms with Gasteiger partial charge in [-0.2, -0.15) is 24.9 Å². The zero-order chi connectivity index (χ0) is 17.4. The highest BCUT2D eigenvalue weighted by Gasteiger charge is 2.29. The molecule has 2 rings (SSSR count). The normalized spacial score (nSPS) is 21.8. The van der Waals surface area contributed by atoms with Crippen LogP contribution in [0.25, 0.3) is 6.08 Å². The van der Waals surface area contributed by atoms with E-state index < -0.39 is 11.7 Å². The summed E-state index contributed by atoms with van der Waals surface area (Å²) >= 11 is 1.71. The zero-order valence-corrected chi connectivity index (χ0v) is 13.9. The summed E-state index contributed by atoms with van der Waals surface area (Å²) in [6.07, 6.45) is 3.93. The van der Waals surface area contributed by atoms with E-state index in [1.807, 2.05) is 6.26 Å². The Morgan fingerprint density at radius 3 is 2.29 bits per heavy atom. The average molecular weight is 354 g/mol. The first-order chi connectivity index (χ1) is 11.5. The summed E-state index contributed by atoms with van der Waals surface area (Å²) in [6, 6.07) is 4.91. The molecule has 2 nitrogen and oxygen atoms in total. The summed E-state index contributed by atoms with van der Waals surface area (Å²) < 4.78 is 48.3. The largest absolute Gasteiger partial charge is 0.416 e. The van der Waals surface area contributed by atoms with Gasteiger partial charge >= 0.3 is 6.18 Å². The summed E-state index contributed by atoms with van der Waals surface area (Å²) in [7, 11) is 0. The van der Waals surface area contributed by atoms with Gasteiger partial charge in [-0.1, -0.05) is 24.0 Å². The van der Waals surface area contributed by atoms with Crippen molar-refractivity contribution in [2.75, 3.05) is 19.5 Å². The predicted octanol–water partition coefficient (Wildman–Crippen LogP) is 4.38. The van der Waals surface area contributed by atoms with Gasteiger partial charge in [0.25, 0.3) is 0 Å². The van der Waals surface area contributed by atoms with Gasteiger partial charge in [-0.05, 0) is 48.3 Å². The highest BCUT2D eigenvalue weighted by Crippen LogP contribution is 2.29. The van der Waals surface area contributed by atoms with Crippen LogP contribution in [-0.4, -0.2) is 31.0 Å². The molecule has 0 amide bonds. The van der Waals surface area contributed by atoms with Crippen molar-refractivity contribution >= 4 is 17.8 Å². The monoisotopic (exact) mass is 354 g/mol. The Kier molecular flexibility index (Phi) is 6.98. The second kappa shape index (κ2) is 8.97. The fourth-order valence-corrected chi connectivity index (χ4v) is 2.32. The highest BCUT2D eigenvalue weighted by atomic mass is 32.2. The molecule has 0 radical (unpaired) electrons. The SMILES string of the molecule is CSC1COC(/C=C/C#C/C=C/c2ccc(C(F)(F)F)cc2)OC1. The second-order valence-corrected chi connectivity index (χ2v) is 6.13. The molecule has 1 heterocycles. The first-order valence-electron chi connectivity index (χ1n) is 7.26. The summed E-state index contributed by atoms with van der Waals surface area (Å²) in [5, 5.41) is 0.368. The lowest BCUT2D eigenvalue weighted by atomic mass is 10.1. The van der Waals surface area contributed by atoms with Gasteiger partial charge in [0.2, 0.25) is 0 Å². The molecule has 1 saturated heterocycles. The maximum Gasteiger partial charge on any atom is 0.416 e. The maximum absolute atomic E-state index is 12.4. The molecule has 0 bridgehead atoms. The van der Waals surface area contributed by atoms with Gasteiger partial charge in [-0.15, -0.1) is 0 Å². The van der Waals surface area contributed by atoms with Crippen LogP contribution in [0.4, 0.5) is 13.2 Å². The Morgan fingerprint density at radius 2 is 1.71 bits per heavy atom. The number of rotatable bonds is 3. The average Bonchev–Trinajstić information content (AvgIpc) is 2.58. The van der Waals surface area contributed by atoms with E-state index in [9.17, 15) is 13.2 Å². The Morgan fingerprint density at radius 1 is 1.08 bits per heavy atom. The van der Waals surface area contributed by atoms with Crippen LogP contribution in [-0.2, 0) is 15.7 Å². The van der Waals surface area contributed by atoms with Gasteiger partial charge in [0.05, 0.1) is 24.0 Å². The zero-order valence-electron chi connectivity index (χ0n) is 13.0. The van der Waals surface area contributed by atoms with Crippen LogP contribution < -0.4 is 0 Å². The highest BCUT2D eigenvalue weighted by molar-refractivity contribution is 7.99. The number of halogens is 3. The number of ether oxygens (including phenoxy) is 2. The number of hydrogen-bond acceptors (Lipinski definition) is 3. The quantitative estimate of drug-likeness (QED) is 0.751. The van der Waals surface area contributed by atoms with E-state index in [0.29, 0.717) is 24.0 Å². The standard InChI is InChI=1S/C18H17F3O2S/c1-24-16-12-22-17(23-13-16)7-5-3-2-4-6-14-8-10-15(11-9-14)18(19,20)21/h4-11,16-17H,12-13H2,1H3/b6-4+,7-5+. The summed E-state index contributed by atoms with van der Waals surface area (Å²) in [5.41, 5.74) is -0.00630. The molecule has 0 saturated carbocycles. The van der Waals surface area contributed by atoms with Gasteiger partial charge in [0.1, 0.15) is 0 Å². The molecule has 0 aliphatic carbocycles. The van der Waals surface area contributed by atoms with E-state index in [2.05, 4.69) is 11.8 Å². The number of hydrogen-bond donors (Lipinski definition) is 0. The van der Waals surface area contributed by atoms with Gasteiger partial charge in [0.15, 0.2) is 6.29 Å². The predicted molar refractivity (Wildman–Crippen MR) is 90.4 cm³/mol. The molecule has 0 N–H and O–H groups in total. The minimum atomic E-state index is -4.31. The van der Waals surface area contributed by atoms with Crippen molar-refractivity contribution in [2.24, 2.45) is 0 Å². The summed E-state index contributed by atoms with van der Waals surface area (Å²) in [5.74, 6) is 5.58. The minimum Gasteiger partial charge on any atom is -0.348 e. The number of thioether (sulfide) groups is 1.